The number of benzene rings is 2. The molecule has 30 heavy (non-hydrogen) atoms. The number of halogens is 1. The molecule has 0 fully saturated rings. The summed E-state index contributed by atoms with van der Waals surface area (Å²) in [6.45, 7) is 5.78. The SMILES string of the molecule is C=CCn1c(=O)c2ccccc2n2c(SCC(=O)Nc3cc(F)ccc3C)nnc12. The Morgan fingerprint density at radius 2 is 2.07 bits per heavy atom. The predicted octanol–water partition coefficient (Wildman–Crippen LogP) is 3.41. The smallest absolute Gasteiger partial charge is 0.263 e. The van der Waals surface area contributed by atoms with Crippen LogP contribution in [0.25, 0.3) is 16.7 Å². The van der Waals surface area contributed by atoms with Gasteiger partial charge in [0.05, 0.1) is 16.7 Å². The van der Waals surface area contributed by atoms with Gasteiger partial charge in [0.25, 0.3) is 5.56 Å². The molecule has 0 aliphatic rings. The molecule has 9 heteroatoms. The number of aryl methyl sites for hydroxylation is 1. The van der Waals surface area contributed by atoms with Gasteiger partial charge >= 0.3 is 0 Å². The van der Waals surface area contributed by atoms with E-state index in [0.29, 0.717) is 27.5 Å². The van der Waals surface area contributed by atoms with Gasteiger partial charge in [0.15, 0.2) is 5.16 Å². The van der Waals surface area contributed by atoms with E-state index in [1.54, 1.807) is 35.6 Å². The van der Waals surface area contributed by atoms with Crippen LogP contribution in [0.1, 0.15) is 5.56 Å². The average Bonchev–Trinajstić information content (AvgIpc) is 3.16. The number of nitrogens with zero attached hydrogens (tertiary/aromatic N) is 4. The molecule has 1 N–H and O–H groups in total. The Morgan fingerprint density at radius 3 is 2.87 bits per heavy atom. The Morgan fingerprint density at radius 1 is 1.27 bits per heavy atom. The largest absolute Gasteiger partial charge is 0.325 e. The zero-order chi connectivity index (χ0) is 21.3. The molecule has 0 radical (unpaired) electrons. The second kappa shape index (κ2) is 8.11. The van der Waals surface area contributed by atoms with E-state index in [1.165, 1.54) is 28.5 Å². The first kappa shape index (κ1) is 19.8. The highest BCUT2D eigenvalue weighted by atomic mass is 32.2. The van der Waals surface area contributed by atoms with E-state index in [4.69, 9.17) is 0 Å². The lowest BCUT2D eigenvalue weighted by Crippen LogP contribution is -2.22. The van der Waals surface area contributed by atoms with E-state index in [-0.39, 0.29) is 23.8 Å². The highest BCUT2D eigenvalue weighted by Crippen LogP contribution is 2.22. The molecule has 2 aromatic heterocycles. The molecule has 0 spiro atoms. The summed E-state index contributed by atoms with van der Waals surface area (Å²) in [5.41, 5.74) is 1.67. The normalized spacial score (nSPS) is 11.1. The van der Waals surface area contributed by atoms with Gasteiger partial charge in [0.2, 0.25) is 11.7 Å². The minimum Gasteiger partial charge on any atom is -0.325 e. The molecule has 0 bridgehead atoms. The fraction of sp³-hybridized carbons (Fsp3) is 0.143. The van der Waals surface area contributed by atoms with Crippen molar-refractivity contribution in [3.8, 4) is 0 Å². The standard InChI is InChI=1S/C21H18FN5O2S/c1-3-10-26-19(29)15-6-4-5-7-17(15)27-20(26)24-25-21(27)30-12-18(28)23-16-11-14(22)9-8-13(16)2/h3-9,11H,1,10,12H2,2H3,(H,23,28). The van der Waals surface area contributed by atoms with Crippen molar-refractivity contribution in [2.75, 3.05) is 11.1 Å². The van der Waals surface area contributed by atoms with Gasteiger partial charge in [-0.2, -0.15) is 0 Å². The Kier molecular flexibility index (Phi) is 5.37. The van der Waals surface area contributed by atoms with Crippen LogP contribution in [-0.4, -0.2) is 30.8 Å². The monoisotopic (exact) mass is 423 g/mol. The molecule has 0 saturated carbocycles. The fourth-order valence-corrected chi connectivity index (χ4v) is 3.91. The first-order chi connectivity index (χ1) is 14.5. The van der Waals surface area contributed by atoms with E-state index in [1.807, 2.05) is 12.1 Å². The molecule has 2 heterocycles. The molecule has 1 amide bonds. The maximum Gasteiger partial charge on any atom is 0.263 e. The summed E-state index contributed by atoms with van der Waals surface area (Å²) in [6, 6.07) is 11.4. The van der Waals surface area contributed by atoms with Crippen molar-refractivity contribution >= 4 is 40.0 Å². The molecule has 0 aliphatic carbocycles. The van der Waals surface area contributed by atoms with Crippen LogP contribution in [0.4, 0.5) is 10.1 Å². The zero-order valence-electron chi connectivity index (χ0n) is 16.1. The van der Waals surface area contributed by atoms with Gasteiger partial charge in [-0.1, -0.05) is 36.0 Å². The summed E-state index contributed by atoms with van der Waals surface area (Å²) in [6.07, 6.45) is 1.62. The first-order valence-corrected chi connectivity index (χ1v) is 10.1. The molecule has 152 valence electrons. The number of thioether (sulfide) groups is 1. The molecule has 4 aromatic rings. The lowest BCUT2D eigenvalue weighted by atomic mass is 10.2. The van der Waals surface area contributed by atoms with Gasteiger partial charge in [-0.05, 0) is 36.8 Å². The minimum atomic E-state index is -0.418. The summed E-state index contributed by atoms with van der Waals surface area (Å²) in [5.74, 6) is -0.290. The van der Waals surface area contributed by atoms with Gasteiger partial charge < -0.3 is 5.32 Å². The number of carbonyl (C=O) groups is 1. The number of nitrogens with one attached hydrogen (secondary N) is 1. The van der Waals surface area contributed by atoms with Crippen LogP contribution in [0.15, 0.2) is 65.1 Å². The van der Waals surface area contributed by atoms with E-state index in [2.05, 4.69) is 22.1 Å². The van der Waals surface area contributed by atoms with Gasteiger partial charge in [-0.3, -0.25) is 18.6 Å². The van der Waals surface area contributed by atoms with Gasteiger partial charge in [0.1, 0.15) is 5.82 Å². The Bertz CT molecular complexity index is 1340. The third-order valence-corrected chi connectivity index (χ3v) is 5.52. The van der Waals surface area contributed by atoms with Crippen LogP contribution in [-0.2, 0) is 11.3 Å². The van der Waals surface area contributed by atoms with Gasteiger partial charge in [-0.15, -0.1) is 16.8 Å². The Labute approximate surface area is 175 Å². The number of aromatic nitrogens is 4. The predicted molar refractivity (Wildman–Crippen MR) is 115 cm³/mol. The number of rotatable bonds is 6. The topological polar surface area (TPSA) is 81.3 Å². The number of hydrogen-bond donors (Lipinski definition) is 1. The first-order valence-electron chi connectivity index (χ1n) is 9.16. The molecular formula is C21H18FN5O2S. The maximum atomic E-state index is 13.4. The Balaban J connectivity index is 1.67. The van der Waals surface area contributed by atoms with E-state index >= 15 is 0 Å². The summed E-state index contributed by atoms with van der Waals surface area (Å²) in [7, 11) is 0. The van der Waals surface area contributed by atoms with Crippen molar-refractivity contribution in [2.24, 2.45) is 0 Å². The molecule has 0 aliphatic heterocycles. The van der Waals surface area contributed by atoms with Crippen molar-refractivity contribution < 1.29 is 9.18 Å². The van der Waals surface area contributed by atoms with E-state index in [0.717, 1.165) is 5.56 Å². The van der Waals surface area contributed by atoms with E-state index < -0.39 is 5.82 Å². The summed E-state index contributed by atoms with van der Waals surface area (Å²) in [4.78, 5) is 25.2. The van der Waals surface area contributed by atoms with E-state index in [9.17, 15) is 14.0 Å². The second-order valence-electron chi connectivity index (χ2n) is 6.64. The van der Waals surface area contributed by atoms with Crippen molar-refractivity contribution in [3.63, 3.8) is 0 Å². The zero-order valence-corrected chi connectivity index (χ0v) is 16.9. The fourth-order valence-electron chi connectivity index (χ4n) is 3.17. The van der Waals surface area contributed by atoms with Crippen molar-refractivity contribution in [1.29, 1.82) is 0 Å². The highest BCUT2D eigenvalue weighted by Gasteiger charge is 2.17. The maximum absolute atomic E-state index is 13.4. The minimum absolute atomic E-state index is 0.0473. The number of fused-ring (bicyclic) bond motifs is 3. The second-order valence-corrected chi connectivity index (χ2v) is 7.58. The number of anilines is 1. The number of hydrogen-bond acceptors (Lipinski definition) is 5. The average molecular weight is 423 g/mol. The molecule has 4 rings (SSSR count). The molecule has 0 saturated heterocycles. The van der Waals surface area contributed by atoms with Crippen LogP contribution in [0.3, 0.4) is 0 Å². The molecular weight excluding hydrogens is 405 g/mol. The van der Waals surface area contributed by atoms with Crippen LogP contribution in [0, 0.1) is 12.7 Å². The number of amides is 1. The lowest BCUT2D eigenvalue weighted by molar-refractivity contribution is -0.113. The van der Waals surface area contributed by atoms with Gasteiger partial charge in [-0.25, -0.2) is 4.39 Å². The number of para-hydroxylation sites is 1. The van der Waals surface area contributed by atoms with Crippen LogP contribution >= 0.6 is 11.8 Å². The van der Waals surface area contributed by atoms with Crippen LogP contribution in [0.2, 0.25) is 0 Å². The van der Waals surface area contributed by atoms with Crippen LogP contribution < -0.4 is 10.9 Å². The molecule has 7 nitrogen and oxygen atoms in total. The molecule has 2 aromatic carbocycles. The lowest BCUT2D eigenvalue weighted by Gasteiger charge is -2.10. The van der Waals surface area contributed by atoms with Crippen molar-refractivity contribution in [2.45, 2.75) is 18.6 Å². The third-order valence-electron chi connectivity index (χ3n) is 4.60. The third kappa shape index (κ3) is 3.59. The highest BCUT2D eigenvalue weighted by molar-refractivity contribution is 7.99. The van der Waals surface area contributed by atoms with Gasteiger partial charge in [0, 0.05) is 12.2 Å². The quantitative estimate of drug-likeness (QED) is 0.380. The summed E-state index contributed by atoms with van der Waals surface area (Å²) < 4.78 is 16.7. The summed E-state index contributed by atoms with van der Waals surface area (Å²) in [5, 5.41) is 12.1. The van der Waals surface area contributed by atoms with Crippen molar-refractivity contribution in [1.82, 2.24) is 19.2 Å². The molecule has 0 atom stereocenters. The van der Waals surface area contributed by atoms with Crippen molar-refractivity contribution in [3.05, 3.63) is 76.9 Å². The molecule has 0 unspecified atom stereocenters. The van der Waals surface area contributed by atoms with Crippen LogP contribution in [0.5, 0.6) is 0 Å². The number of carbonyl (C=O) groups excluding carboxylic acids is 1. The Hall–Kier alpha value is -3.46. The summed E-state index contributed by atoms with van der Waals surface area (Å²) >= 11 is 1.18. The number of allylic oxidation sites excluding steroid dienone is 1.